The third-order valence-corrected chi connectivity index (χ3v) is 3.93. The van der Waals surface area contributed by atoms with Crippen LogP contribution in [-0.2, 0) is 4.79 Å². The molecule has 2 aromatic carbocycles. The number of carbonyl (C=O) groups is 1. The summed E-state index contributed by atoms with van der Waals surface area (Å²) in [5.41, 5.74) is 0.138. The van der Waals surface area contributed by atoms with Crippen molar-refractivity contribution in [3.8, 4) is 17.2 Å². The maximum Gasteiger partial charge on any atom is 0.271 e. The molecule has 8 nitrogen and oxygen atoms in total. The summed E-state index contributed by atoms with van der Waals surface area (Å²) >= 11 is 0. The normalized spacial score (nSPS) is 15.2. The predicted octanol–water partition coefficient (Wildman–Crippen LogP) is 3.16. The van der Waals surface area contributed by atoms with Crippen LogP contribution < -0.4 is 19.5 Å². The summed E-state index contributed by atoms with van der Waals surface area (Å²) in [6, 6.07) is 11.4. The molecule has 0 spiro atoms. The molecule has 1 N–H and O–H groups in total. The molecule has 1 aliphatic heterocycles. The standard InChI is InChI=1S/C18H18N2O6/c1-24-15-8-6-12(20(22)23)10-14(15)19-18(21)9-7-13-11-25-16-4-2-3-5-17(16)26-13/h2-6,8,10,13H,7,9,11H2,1H3,(H,19,21)/t13-/m1/s1. The van der Waals surface area contributed by atoms with E-state index < -0.39 is 4.92 Å². The van der Waals surface area contributed by atoms with Crippen LogP contribution in [0, 0.1) is 10.1 Å². The van der Waals surface area contributed by atoms with Crippen molar-refractivity contribution in [2.45, 2.75) is 18.9 Å². The molecule has 0 saturated heterocycles. The van der Waals surface area contributed by atoms with Crippen molar-refractivity contribution in [1.82, 2.24) is 0 Å². The minimum Gasteiger partial charge on any atom is -0.495 e. The first-order chi connectivity index (χ1) is 12.6. The van der Waals surface area contributed by atoms with Gasteiger partial charge >= 0.3 is 0 Å². The number of non-ortho nitro benzene ring substituents is 1. The number of anilines is 1. The highest BCUT2D eigenvalue weighted by molar-refractivity contribution is 5.92. The fourth-order valence-corrected chi connectivity index (χ4v) is 2.62. The molecule has 0 aliphatic carbocycles. The van der Waals surface area contributed by atoms with Crippen LogP contribution in [0.3, 0.4) is 0 Å². The van der Waals surface area contributed by atoms with Crippen molar-refractivity contribution < 1.29 is 23.9 Å². The highest BCUT2D eigenvalue weighted by Gasteiger charge is 2.22. The lowest BCUT2D eigenvalue weighted by Crippen LogP contribution is -2.30. The van der Waals surface area contributed by atoms with E-state index in [-0.39, 0.29) is 29.8 Å². The summed E-state index contributed by atoms with van der Waals surface area (Å²) in [4.78, 5) is 22.6. The summed E-state index contributed by atoms with van der Waals surface area (Å²) in [6.45, 7) is 0.365. The van der Waals surface area contributed by atoms with Crippen molar-refractivity contribution in [2.24, 2.45) is 0 Å². The molecule has 1 heterocycles. The molecule has 1 atom stereocenters. The highest BCUT2D eigenvalue weighted by atomic mass is 16.6. The van der Waals surface area contributed by atoms with Crippen LogP contribution in [0.25, 0.3) is 0 Å². The van der Waals surface area contributed by atoms with E-state index in [1.807, 2.05) is 24.3 Å². The van der Waals surface area contributed by atoms with Gasteiger partial charge in [-0.1, -0.05) is 12.1 Å². The molecule has 0 fully saturated rings. The fourth-order valence-electron chi connectivity index (χ4n) is 2.62. The van der Waals surface area contributed by atoms with Gasteiger partial charge in [-0.2, -0.15) is 0 Å². The van der Waals surface area contributed by atoms with E-state index in [1.165, 1.54) is 25.3 Å². The highest BCUT2D eigenvalue weighted by Crippen LogP contribution is 2.32. The lowest BCUT2D eigenvalue weighted by Gasteiger charge is -2.26. The average Bonchev–Trinajstić information content (AvgIpc) is 2.66. The zero-order valence-corrected chi connectivity index (χ0v) is 14.1. The third kappa shape index (κ3) is 4.02. The molecule has 0 bridgehead atoms. The van der Waals surface area contributed by atoms with Crippen molar-refractivity contribution >= 4 is 17.3 Å². The first-order valence-corrected chi connectivity index (χ1v) is 8.07. The van der Waals surface area contributed by atoms with Gasteiger partial charge < -0.3 is 19.5 Å². The fraction of sp³-hybridized carbons (Fsp3) is 0.278. The van der Waals surface area contributed by atoms with E-state index in [9.17, 15) is 14.9 Å². The summed E-state index contributed by atoms with van der Waals surface area (Å²) in [5, 5.41) is 13.5. The van der Waals surface area contributed by atoms with Gasteiger partial charge in [0, 0.05) is 18.6 Å². The van der Waals surface area contributed by atoms with Crippen LogP contribution in [-0.4, -0.2) is 30.7 Å². The van der Waals surface area contributed by atoms with Crippen molar-refractivity contribution in [1.29, 1.82) is 0 Å². The van der Waals surface area contributed by atoms with E-state index >= 15 is 0 Å². The number of para-hydroxylation sites is 2. The molecule has 0 unspecified atom stereocenters. The number of benzene rings is 2. The Hall–Kier alpha value is -3.29. The number of ether oxygens (including phenoxy) is 3. The lowest BCUT2D eigenvalue weighted by molar-refractivity contribution is -0.384. The second-order valence-electron chi connectivity index (χ2n) is 5.73. The number of nitrogens with zero attached hydrogens (tertiary/aromatic N) is 1. The van der Waals surface area contributed by atoms with E-state index in [2.05, 4.69) is 5.32 Å². The largest absolute Gasteiger partial charge is 0.495 e. The molecule has 136 valence electrons. The molecule has 8 heteroatoms. The smallest absolute Gasteiger partial charge is 0.271 e. The Kier molecular flexibility index (Phi) is 5.21. The number of fused-ring (bicyclic) bond motifs is 1. The number of nitro benzene ring substituents is 1. The van der Waals surface area contributed by atoms with Crippen molar-refractivity contribution in [3.63, 3.8) is 0 Å². The van der Waals surface area contributed by atoms with Gasteiger partial charge in [-0.25, -0.2) is 0 Å². The topological polar surface area (TPSA) is 99.9 Å². The first-order valence-electron chi connectivity index (χ1n) is 8.07. The zero-order chi connectivity index (χ0) is 18.5. The molecular formula is C18H18N2O6. The van der Waals surface area contributed by atoms with Gasteiger partial charge in [0.15, 0.2) is 11.5 Å². The van der Waals surface area contributed by atoms with Crippen LogP contribution >= 0.6 is 0 Å². The van der Waals surface area contributed by atoms with Crippen LogP contribution in [0.1, 0.15) is 12.8 Å². The van der Waals surface area contributed by atoms with Gasteiger partial charge in [-0.15, -0.1) is 0 Å². The zero-order valence-electron chi connectivity index (χ0n) is 14.1. The molecule has 2 aromatic rings. The van der Waals surface area contributed by atoms with Crippen LogP contribution in [0.15, 0.2) is 42.5 Å². The van der Waals surface area contributed by atoms with Crippen molar-refractivity contribution in [2.75, 3.05) is 19.0 Å². The number of rotatable bonds is 6. The monoisotopic (exact) mass is 358 g/mol. The van der Waals surface area contributed by atoms with E-state index in [0.717, 1.165) is 0 Å². The Balaban J connectivity index is 1.58. The minimum absolute atomic E-state index is 0.123. The minimum atomic E-state index is -0.528. The summed E-state index contributed by atoms with van der Waals surface area (Å²) in [6.07, 6.45) is 0.405. The van der Waals surface area contributed by atoms with Gasteiger partial charge in [-0.05, 0) is 24.6 Å². The van der Waals surface area contributed by atoms with Gasteiger partial charge in [-0.3, -0.25) is 14.9 Å². The van der Waals surface area contributed by atoms with Gasteiger partial charge in [0.1, 0.15) is 18.5 Å². The van der Waals surface area contributed by atoms with E-state index in [1.54, 1.807) is 0 Å². The van der Waals surface area contributed by atoms with Gasteiger partial charge in [0.05, 0.1) is 17.7 Å². The molecule has 26 heavy (non-hydrogen) atoms. The van der Waals surface area contributed by atoms with Crippen molar-refractivity contribution in [3.05, 3.63) is 52.6 Å². The number of hydrogen-bond donors (Lipinski definition) is 1. The molecule has 0 saturated carbocycles. The summed E-state index contributed by atoms with van der Waals surface area (Å²) < 4.78 is 16.6. The van der Waals surface area contributed by atoms with Gasteiger partial charge in [0.2, 0.25) is 5.91 Å². The number of nitro groups is 1. The number of carbonyl (C=O) groups excluding carboxylic acids is 1. The maximum absolute atomic E-state index is 12.2. The van der Waals surface area contributed by atoms with Crippen LogP contribution in [0.5, 0.6) is 17.2 Å². The Morgan fingerprint density at radius 1 is 1.31 bits per heavy atom. The molecule has 1 aliphatic rings. The quantitative estimate of drug-likeness (QED) is 0.629. The number of methoxy groups -OCH3 is 1. The Bertz CT molecular complexity index is 823. The summed E-state index contributed by atoms with van der Waals surface area (Å²) in [5.74, 6) is 1.42. The Morgan fingerprint density at radius 3 is 2.81 bits per heavy atom. The predicted molar refractivity (Wildman–Crippen MR) is 93.9 cm³/mol. The van der Waals surface area contributed by atoms with E-state index in [0.29, 0.717) is 30.3 Å². The molecule has 3 rings (SSSR count). The second kappa shape index (κ2) is 7.73. The molecular weight excluding hydrogens is 340 g/mol. The van der Waals surface area contributed by atoms with Crippen LogP contribution in [0.4, 0.5) is 11.4 Å². The van der Waals surface area contributed by atoms with Crippen LogP contribution in [0.2, 0.25) is 0 Å². The Morgan fingerprint density at radius 2 is 2.08 bits per heavy atom. The number of amides is 1. The Labute approximate surface area is 149 Å². The first kappa shape index (κ1) is 17.5. The van der Waals surface area contributed by atoms with E-state index in [4.69, 9.17) is 14.2 Å². The second-order valence-corrected chi connectivity index (χ2v) is 5.73. The number of hydrogen-bond acceptors (Lipinski definition) is 6. The maximum atomic E-state index is 12.2. The average molecular weight is 358 g/mol. The third-order valence-electron chi connectivity index (χ3n) is 3.93. The molecule has 0 radical (unpaired) electrons. The SMILES string of the molecule is COc1ccc([N+](=O)[O-])cc1NC(=O)CC[C@@H]1COc2ccccc2O1. The summed E-state index contributed by atoms with van der Waals surface area (Å²) in [7, 11) is 1.43. The lowest BCUT2D eigenvalue weighted by atomic mass is 10.1. The van der Waals surface area contributed by atoms with Gasteiger partial charge in [0.25, 0.3) is 5.69 Å². The number of nitrogens with one attached hydrogen (secondary N) is 1. The molecule has 1 amide bonds. The molecule has 0 aromatic heterocycles.